The first-order valence-corrected chi connectivity index (χ1v) is 9.24. The summed E-state index contributed by atoms with van der Waals surface area (Å²) in [5.41, 5.74) is 1.88. The van der Waals surface area contributed by atoms with E-state index in [1.807, 2.05) is 49.4 Å². The number of hydrogen-bond donors (Lipinski definition) is 1. The number of carbonyl (C=O) groups is 1. The number of ether oxygens (including phenoxy) is 3. The van der Waals surface area contributed by atoms with Crippen LogP contribution in [0.3, 0.4) is 0 Å². The van der Waals surface area contributed by atoms with Crippen LogP contribution in [0.1, 0.15) is 13.3 Å². The number of hydrogen-bond acceptors (Lipinski definition) is 5. The molecule has 1 N–H and O–H groups in total. The van der Waals surface area contributed by atoms with Crippen LogP contribution < -0.4 is 19.7 Å². The van der Waals surface area contributed by atoms with Crippen molar-refractivity contribution in [1.29, 1.82) is 0 Å². The Labute approximate surface area is 160 Å². The molecule has 0 bridgehead atoms. The van der Waals surface area contributed by atoms with Gasteiger partial charge in [-0.3, -0.25) is 4.79 Å². The normalized spacial score (nSPS) is 15.1. The van der Waals surface area contributed by atoms with Gasteiger partial charge in [0.1, 0.15) is 0 Å². The summed E-state index contributed by atoms with van der Waals surface area (Å²) in [5, 5.41) is 2.93. The van der Waals surface area contributed by atoms with E-state index in [0.29, 0.717) is 17.9 Å². The summed E-state index contributed by atoms with van der Waals surface area (Å²) in [4.78, 5) is 14.9. The van der Waals surface area contributed by atoms with Gasteiger partial charge >= 0.3 is 0 Å². The molecule has 2 aromatic rings. The molecule has 1 atom stereocenters. The third-order valence-corrected chi connectivity index (χ3v) is 4.51. The first kappa shape index (κ1) is 19.0. The number of nitrogens with zero attached hydrogens (tertiary/aromatic N) is 1. The van der Waals surface area contributed by atoms with E-state index in [2.05, 4.69) is 10.2 Å². The Hall–Kier alpha value is -2.73. The van der Waals surface area contributed by atoms with Gasteiger partial charge in [-0.25, -0.2) is 0 Å². The Morgan fingerprint density at radius 3 is 2.41 bits per heavy atom. The summed E-state index contributed by atoms with van der Waals surface area (Å²) in [6.07, 6.45) is -0.0457. The molecule has 1 heterocycles. The fourth-order valence-electron chi connectivity index (χ4n) is 2.99. The fraction of sp³-hybridized carbons (Fsp3) is 0.381. The summed E-state index contributed by atoms with van der Waals surface area (Å²) in [6.45, 7) is 5.18. The van der Waals surface area contributed by atoms with Gasteiger partial charge < -0.3 is 24.4 Å². The van der Waals surface area contributed by atoms with Crippen LogP contribution >= 0.6 is 0 Å². The average molecular weight is 370 g/mol. The summed E-state index contributed by atoms with van der Waals surface area (Å²) in [7, 11) is 1.58. The van der Waals surface area contributed by atoms with Gasteiger partial charge in [-0.2, -0.15) is 0 Å². The lowest BCUT2D eigenvalue weighted by atomic mass is 10.2. The van der Waals surface area contributed by atoms with E-state index in [1.54, 1.807) is 13.2 Å². The molecule has 0 aliphatic carbocycles. The molecule has 6 nitrogen and oxygen atoms in total. The summed E-state index contributed by atoms with van der Waals surface area (Å²) >= 11 is 0. The number of benzene rings is 2. The van der Waals surface area contributed by atoms with Gasteiger partial charge in [0.15, 0.2) is 17.6 Å². The van der Waals surface area contributed by atoms with Crippen LogP contribution in [0, 0.1) is 0 Å². The van der Waals surface area contributed by atoms with Crippen LogP contribution in [-0.4, -0.2) is 45.4 Å². The van der Waals surface area contributed by atoms with Crippen LogP contribution in [0.25, 0.3) is 0 Å². The first-order chi connectivity index (χ1) is 13.2. The van der Waals surface area contributed by atoms with Crippen molar-refractivity contribution in [1.82, 2.24) is 0 Å². The summed E-state index contributed by atoms with van der Waals surface area (Å²) in [5.74, 6) is 0.991. The number of rotatable bonds is 7. The maximum atomic E-state index is 12.6. The minimum Gasteiger partial charge on any atom is -0.493 e. The second-order valence-corrected chi connectivity index (χ2v) is 6.30. The Bertz CT molecular complexity index is 742. The van der Waals surface area contributed by atoms with Gasteiger partial charge in [0.2, 0.25) is 0 Å². The molecule has 27 heavy (non-hydrogen) atoms. The van der Waals surface area contributed by atoms with Gasteiger partial charge in [-0.05, 0) is 42.8 Å². The van der Waals surface area contributed by atoms with Gasteiger partial charge in [-0.15, -0.1) is 0 Å². The highest BCUT2D eigenvalue weighted by atomic mass is 16.5. The second kappa shape index (κ2) is 9.28. The zero-order valence-electron chi connectivity index (χ0n) is 15.8. The Morgan fingerprint density at radius 2 is 1.78 bits per heavy atom. The molecule has 1 unspecified atom stereocenters. The van der Waals surface area contributed by atoms with Crippen molar-refractivity contribution in [2.45, 2.75) is 19.4 Å². The molecule has 1 fully saturated rings. The Kier molecular flexibility index (Phi) is 6.54. The quantitative estimate of drug-likeness (QED) is 0.810. The van der Waals surface area contributed by atoms with E-state index >= 15 is 0 Å². The van der Waals surface area contributed by atoms with Gasteiger partial charge in [0.05, 0.1) is 20.3 Å². The molecule has 0 radical (unpaired) electrons. The van der Waals surface area contributed by atoms with Crippen molar-refractivity contribution in [2.24, 2.45) is 0 Å². The van der Waals surface area contributed by atoms with E-state index in [0.717, 1.165) is 37.7 Å². The monoisotopic (exact) mass is 370 g/mol. The standard InChI is InChI=1S/C21H26N2O4/c1-3-18(27-20-7-5-4-6-19(20)25-2)21(24)22-16-8-10-17(11-9-16)23-12-14-26-15-13-23/h4-11,18H,3,12-15H2,1-2H3,(H,22,24). The third-order valence-electron chi connectivity index (χ3n) is 4.51. The lowest BCUT2D eigenvalue weighted by Gasteiger charge is -2.29. The molecule has 0 aromatic heterocycles. The third kappa shape index (κ3) is 4.92. The smallest absolute Gasteiger partial charge is 0.265 e. The molecule has 1 aliphatic rings. The molecule has 1 amide bonds. The molecule has 144 valence electrons. The zero-order valence-corrected chi connectivity index (χ0v) is 15.8. The van der Waals surface area contributed by atoms with Gasteiger partial charge in [0, 0.05) is 24.5 Å². The van der Waals surface area contributed by atoms with Crippen molar-refractivity contribution in [2.75, 3.05) is 43.6 Å². The predicted octanol–water partition coefficient (Wildman–Crippen LogP) is 3.33. The summed E-state index contributed by atoms with van der Waals surface area (Å²) < 4.78 is 16.5. The predicted molar refractivity (Wildman–Crippen MR) is 106 cm³/mol. The minimum atomic E-state index is -0.597. The fourth-order valence-corrected chi connectivity index (χ4v) is 2.99. The first-order valence-electron chi connectivity index (χ1n) is 9.24. The Balaban J connectivity index is 1.62. The summed E-state index contributed by atoms with van der Waals surface area (Å²) in [6, 6.07) is 15.2. The Morgan fingerprint density at radius 1 is 1.11 bits per heavy atom. The lowest BCUT2D eigenvalue weighted by Crippen LogP contribution is -2.36. The number of methoxy groups -OCH3 is 1. The van der Waals surface area contributed by atoms with Crippen molar-refractivity contribution >= 4 is 17.3 Å². The molecule has 1 saturated heterocycles. The van der Waals surface area contributed by atoms with Crippen LogP contribution in [0.4, 0.5) is 11.4 Å². The highest BCUT2D eigenvalue weighted by Gasteiger charge is 2.20. The van der Waals surface area contributed by atoms with E-state index < -0.39 is 6.10 Å². The van der Waals surface area contributed by atoms with Crippen molar-refractivity contribution in [3.05, 3.63) is 48.5 Å². The SMILES string of the molecule is CCC(Oc1ccccc1OC)C(=O)Nc1ccc(N2CCOCC2)cc1. The largest absolute Gasteiger partial charge is 0.493 e. The highest BCUT2D eigenvalue weighted by molar-refractivity contribution is 5.94. The number of amides is 1. The number of anilines is 2. The zero-order chi connectivity index (χ0) is 19.1. The highest BCUT2D eigenvalue weighted by Crippen LogP contribution is 2.27. The topological polar surface area (TPSA) is 60.0 Å². The maximum Gasteiger partial charge on any atom is 0.265 e. The minimum absolute atomic E-state index is 0.178. The van der Waals surface area contributed by atoms with E-state index in [9.17, 15) is 4.79 Å². The van der Waals surface area contributed by atoms with Crippen molar-refractivity contribution in [3.63, 3.8) is 0 Å². The van der Waals surface area contributed by atoms with Crippen LogP contribution in [0.2, 0.25) is 0 Å². The molecule has 0 spiro atoms. The molecule has 2 aromatic carbocycles. The maximum absolute atomic E-state index is 12.6. The number of para-hydroxylation sites is 2. The second-order valence-electron chi connectivity index (χ2n) is 6.30. The van der Waals surface area contributed by atoms with Crippen LogP contribution in [0.5, 0.6) is 11.5 Å². The van der Waals surface area contributed by atoms with Gasteiger partial charge in [0.25, 0.3) is 5.91 Å². The molecular weight excluding hydrogens is 344 g/mol. The van der Waals surface area contributed by atoms with Crippen molar-refractivity contribution < 1.29 is 19.0 Å². The molecule has 6 heteroatoms. The van der Waals surface area contributed by atoms with E-state index in [-0.39, 0.29) is 5.91 Å². The van der Waals surface area contributed by atoms with Crippen molar-refractivity contribution in [3.8, 4) is 11.5 Å². The molecule has 0 saturated carbocycles. The van der Waals surface area contributed by atoms with Gasteiger partial charge in [-0.1, -0.05) is 19.1 Å². The van der Waals surface area contributed by atoms with E-state index in [4.69, 9.17) is 14.2 Å². The van der Waals surface area contributed by atoms with E-state index in [1.165, 1.54) is 0 Å². The van der Waals surface area contributed by atoms with Crippen LogP contribution in [-0.2, 0) is 9.53 Å². The number of morpholine rings is 1. The average Bonchev–Trinajstić information content (AvgIpc) is 2.73. The molecule has 3 rings (SSSR count). The number of carbonyl (C=O) groups excluding carboxylic acids is 1. The molecule has 1 aliphatic heterocycles. The number of nitrogens with one attached hydrogen (secondary N) is 1. The lowest BCUT2D eigenvalue weighted by molar-refractivity contribution is -0.122. The molecular formula is C21H26N2O4. The van der Waals surface area contributed by atoms with Crippen LogP contribution in [0.15, 0.2) is 48.5 Å².